The van der Waals surface area contributed by atoms with Crippen LogP contribution in [0.4, 0.5) is 5.69 Å². The van der Waals surface area contributed by atoms with Crippen LogP contribution in [0, 0.1) is 0 Å². The van der Waals surface area contributed by atoms with E-state index >= 15 is 0 Å². The van der Waals surface area contributed by atoms with Gasteiger partial charge in [-0.25, -0.2) is 4.98 Å². The molecule has 4 N–H and O–H groups in total. The summed E-state index contributed by atoms with van der Waals surface area (Å²) in [5.41, 5.74) is 2.89. The van der Waals surface area contributed by atoms with E-state index < -0.39 is 0 Å². The second-order valence-electron chi connectivity index (χ2n) is 6.82. The normalized spacial score (nSPS) is 11.2. The molecule has 9 heteroatoms. The highest BCUT2D eigenvalue weighted by Crippen LogP contribution is 2.37. The molecule has 0 aliphatic heterocycles. The minimum Gasteiger partial charge on any atom is -0.493 e. The van der Waals surface area contributed by atoms with E-state index in [9.17, 15) is 4.79 Å². The van der Waals surface area contributed by atoms with Crippen molar-refractivity contribution >= 4 is 27.6 Å². The lowest BCUT2D eigenvalue weighted by molar-refractivity contribution is 0.0992. The molecule has 0 fully saturated rings. The highest BCUT2D eigenvalue weighted by molar-refractivity contribution is 6.00. The fourth-order valence-electron chi connectivity index (χ4n) is 3.52. The van der Waals surface area contributed by atoms with Crippen molar-refractivity contribution in [3.63, 3.8) is 0 Å². The van der Waals surface area contributed by atoms with Gasteiger partial charge in [-0.3, -0.25) is 4.79 Å². The maximum Gasteiger partial charge on any atom is 0.261 e. The first-order valence-electron chi connectivity index (χ1n) is 9.86. The number of methoxy groups -OCH3 is 2. The minimum atomic E-state index is -0.294. The zero-order chi connectivity index (χ0) is 21.8. The van der Waals surface area contributed by atoms with E-state index in [1.54, 1.807) is 20.3 Å². The topological polar surface area (TPSA) is 121 Å². The molecule has 0 spiro atoms. The molecule has 162 valence electrons. The number of rotatable bonds is 9. The Bertz CT molecular complexity index is 1230. The predicted octanol–water partition coefficient (Wildman–Crippen LogP) is 2.51. The maximum atomic E-state index is 13.1. The number of aromatic nitrogens is 3. The van der Waals surface area contributed by atoms with Gasteiger partial charge in [0.05, 0.1) is 56.3 Å². The van der Waals surface area contributed by atoms with Gasteiger partial charge < -0.3 is 34.6 Å². The number of anilines is 1. The molecule has 0 bridgehead atoms. The van der Waals surface area contributed by atoms with Gasteiger partial charge in [-0.05, 0) is 18.2 Å². The van der Waals surface area contributed by atoms with Crippen LogP contribution in [0.3, 0.4) is 0 Å². The first-order chi connectivity index (χ1) is 15.2. The Morgan fingerprint density at radius 3 is 2.55 bits per heavy atom. The van der Waals surface area contributed by atoms with E-state index in [0.29, 0.717) is 47.2 Å². The number of ether oxygens (including phenoxy) is 3. The number of aliphatic hydroxyl groups is 1. The van der Waals surface area contributed by atoms with Crippen LogP contribution >= 0.6 is 0 Å². The fraction of sp³-hybridized carbons (Fsp3) is 0.273. The van der Waals surface area contributed by atoms with Crippen LogP contribution in [-0.4, -0.2) is 60.6 Å². The molecule has 31 heavy (non-hydrogen) atoms. The van der Waals surface area contributed by atoms with Gasteiger partial charge in [0.1, 0.15) is 11.4 Å². The van der Waals surface area contributed by atoms with Crippen LogP contribution in [0.5, 0.6) is 11.5 Å². The predicted molar refractivity (Wildman–Crippen MR) is 119 cm³/mol. The Balaban J connectivity index is 1.89. The van der Waals surface area contributed by atoms with E-state index in [-0.39, 0.29) is 18.8 Å². The average molecular weight is 424 g/mol. The summed E-state index contributed by atoms with van der Waals surface area (Å²) in [6, 6.07) is 11.1. The van der Waals surface area contributed by atoms with Crippen molar-refractivity contribution in [3.8, 4) is 22.9 Å². The van der Waals surface area contributed by atoms with Gasteiger partial charge in [0, 0.05) is 18.0 Å². The first-order valence-corrected chi connectivity index (χ1v) is 9.86. The molecule has 2 aromatic carbocycles. The summed E-state index contributed by atoms with van der Waals surface area (Å²) in [7, 11) is 3.10. The molecule has 9 nitrogen and oxygen atoms in total. The van der Waals surface area contributed by atoms with E-state index in [2.05, 4.69) is 20.3 Å². The number of hydrogen-bond donors (Lipinski definition) is 4. The fourth-order valence-corrected chi connectivity index (χ4v) is 3.52. The highest BCUT2D eigenvalue weighted by Gasteiger charge is 2.20. The van der Waals surface area contributed by atoms with Gasteiger partial charge in [-0.1, -0.05) is 12.1 Å². The van der Waals surface area contributed by atoms with Gasteiger partial charge in [0.2, 0.25) is 0 Å². The lowest BCUT2D eigenvalue weighted by atomic mass is 10.1. The largest absolute Gasteiger partial charge is 0.493 e. The van der Waals surface area contributed by atoms with Gasteiger partial charge in [-0.15, -0.1) is 0 Å². The Morgan fingerprint density at radius 1 is 1.03 bits per heavy atom. The molecule has 0 aliphatic rings. The number of H-pyrrole nitrogens is 2. The summed E-state index contributed by atoms with van der Waals surface area (Å²) in [4.78, 5) is 23.9. The molecule has 2 heterocycles. The Labute approximate surface area is 178 Å². The average Bonchev–Trinajstić information content (AvgIpc) is 3.21. The SMILES string of the molecule is COc1cc2[nH]c(=O)c(-c3nc4ccccc4[nH]3)c(NCCOCCO)c2cc1OC. The molecule has 0 atom stereocenters. The van der Waals surface area contributed by atoms with E-state index in [1.165, 1.54) is 0 Å². The van der Waals surface area contributed by atoms with Gasteiger partial charge in [0.15, 0.2) is 11.5 Å². The lowest BCUT2D eigenvalue weighted by Gasteiger charge is -2.16. The number of nitrogens with one attached hydrogen (secondary N) is 3. The molecule has 0 aliphatic carbocycles. The summed E-state index contributed by atoms with van der Waals surface area (Å²) in [6.45, 7) is 0.996. The highest BCUT2D eigenvalue weighted by atomic mass is 16.5. The zero-order valence-corrected chi connectivity index (χ0v) is 17.3. The standard InChI is InChI=1S/C22H24N4O5/c1-29-17-11-13-16(12-18(17)30-2)26-22(28)19(20(13)23-7-9-31-10-8-27)21-24-14-5-3-4-6-15(14)25-21/h3-6,11-12,27H,7-10H2,1-2H3,(H,24,25)(H2,23,26,28). The smallest absolute Gasteiger partial charge is 0.261 e. The van der Waals surface area contributed by atoms with Crippen molar-refractivity contribution in [2.75, 3.05) is 45.9 Å². The van der Waals surface area contributed by atoms with Crippen LogP contribution in [0.1, 0.15) is 0 Å². The van der Waals surface area contributed by atoms with Gasteiger partial charge in [-0.2, -0.15) is 0 Å². The summed E-state index contributed by atoms with van der Waals surface area (Å²) < 4.78 is 16.2. The molecule has 0 amide bonds. The van der Waals surface area contributed by atoms with Gasteiger partial charge in [0.25, 0.3) is 5.56 Å². The van der Waals surface area contributed by atoms with Crippen molar-refractivity contribution in [2.45, 2.75) is 0 Å². The summed E-state index contributed by atoms with van der Waals surface area (Å²) >= 11 is 0. The van der Waals surface area contributed by atoms with Crippen LogP contribution in [0.25, 0.3) is 33.3 Å². The quantitative estimate of drug-likeness (QED) is 0.305. The third kappa shape index (κ3) is 4.05. The first kappa shape index (κ1) is 20.7. The van der Waals surface area contributed by atoms with Crippen molar-refractivity contribution < 1.29 is 19.3 Å². The van der Waals surface area contributed by atoms with Crippen LogP contribution in [-0.2, 0) is 4.74 Å². The second kappa shape index (κ2) is 9.07. The molecule has 0 radical (unpaired) electrons. The number of fused-ring (bicyclic) bond motifs is 2. The van der Waals surface area contributed by atoms with Crippen LogP contribution < -0.4 is 20.3 Å². The molecular formula is C22H24N4O5. The monoisotopic (exact) mass is 424 g/mol. The van der Waals surface area contributed by atoms with Crippen molar-refractivity contribution in [1.29, 1.82) is 0 Å². The lowest BCUT2D eigenvalue weighted by Crippen LogP contribution is -2.17. The number of hydrogen-bond acceptors (Lipinski definition) is 7. The Hall–Kier alpha value is -3.56. The van der Waals surface area contributed by atoms with E-state index in [1.807, 2.05) is 30.3 Å². The minimum absolute atomic E-state index is 0.0465. The summed E-state index contributed by atoms with van der Waals surface area (Å²) in [5, 5.41) is 13.0. The molecule has 0 unspecified atom stereocenters. The van der Waals surface area contributed by atoms with Crippen LogP contribution in [0.2, 0.25) is 0 Å². The van der Waals surface area contributed by atoms with Crippen molar-refractivity contribution in [1.82, 2.24) is 15.0 Å². The molecule has 0 saturated heterocycles. The van der Waals surface area contributed by atoms with Gasteiger partial charge >= 0.3 is 0 Å². The maximum absolute atomic E-state index is 13.1. The summed E-state index contributed by atoms with van der Waals surface area (Å²) in [6.07, 6.45) is 0. The third-order valence-electron chi connectivity index (χ3n) is 4.93. The number of para-hydroxylation sites is 2. The number of aromatic amines is 2. The molecule has 0 saturated carbocycles. The number of pyridine rings is 1. The molecule has 4 aromatic rings. The second-order valence-corrected chi connectivity index (χ2v) is 6.82. The van der Waals surface area contributed by atoms with Crippen LogP contribution in [0.15, 0.2) is 41.2 Å². The number of aliphatic hydroxyl groups excluding tert-OH is 1. The zero-order valence-electron chi connectivity index (χ0n) is 17.3. The third-order valence-corrected chi connectivity index (χ3v) is 4.93. The van der Waals surface area contributed by atoms with E-state index in [4.69, 9.17) is 19.3 Å². The van der Waals surface area contributed by atoms with E-state index in [0.717, 1.165) is 16.4 Å². The number of benzene rings is 2. The molecule has 2 aromatic heterocycles. The molecular weight excluding hydrogens is 400 g/mol. The number of nitrogens with zero attached hydrogens (tertiary/aromatic N) is 1. The van der Waals surface area contributed by atoms with Crippen molar-refractivity contribution in [3.05, 3.63) is 46.8 Å². The molecule has 4 rings (SSSR count). The Kier molecular flexibility index (Phi) is 6.06. The van der Waals surface area contributed by atoms with Crippen molar-refractivity contribution in [2.24, 2.45) is 0 Å². The Morgan fingerprint density at radius 2 is 1.81 bits per heavy atom. The summed E-state index contributed by atoms with van der Waals surface area (Å²) in [5.74, 6) is 1.51. The number of imidazole rings is 1.